The number of nitrogens with one attached hydrogen (secondary N) is 2. The van der Waals surface area contributed by atoms with E-state index in [1.54, 1.807) is 78.9 Å². The van der Waals surface area contributed by atoms with Gasteiger partial charge in [-0.15, -0.1) is 0 Å². The van der Waals surface area contributed by atoms with E-state index in [1.807, 2.05) is 0 Å². The summed E-state index contributed by atoms with van der Waals surface area (Å²) in [6, 6.07) is 21.3. The first-order valence-corrected chi connectivity index (χ1v) is 10.0. The minimum absolute atomic E-state index is 0.240. The predicted octanol–water partition coefficient (Wildman–Crippen LogP) is 3.63. The van der Waals surface area contributed by atoms with E-state index in [4.69, 9.17) is 9.47 Å². The van der Waals surface area contributed by atoms with Crippen LogP contribution in [-0.4, -0.2) is 30.9 Å². The van der Waals surface area contributed by atoms with Crippen molar-refractivity contribution in [1.29, 1.82) is 0 Å². The Morgan fingerprint density at radius 1 is 0.788 bits per heavy atom. The van der Waals surface area contributed by atoms with Gasteiger partial charge in [0.1, 0.15) is 5.75 Å². The van der Waals surface area contributed by atoms with Crippen LogP contribution in [0.15, 0.2) is 78.9 Å². The largest absolute Gasteiger partial charge is 0.444 e. The summed E-state index contributed by atoms with van der Waals surface area (Å²) in [7, 11) is 1.37. The van der Waals surface area contributed by atoms with E-state index in [-0.39, 0.29) is 5.56 Å². The van der Waals surface area contributed by atoms with Gasteiger partial charge in [0, 0.05) is 19.5 Å². The van der Waals surface area contributed by atoms with Crippen LogP contribution in [0.1, 0.15) is 28.9 Å². The normalized spacial score (nSPS) is 11.1. The third kappa shape index (κ3) is 6.27. The van der Waals surface area contributed by atoms with Gasteiger partial charge in [0.05, 0.1) is 5.56 Å². The third-order valence-corrected chi connectivity index (χ3v) is 4.60. The minimum atomic E-state index is -1.30. The monoisotopic (exact) mass is 446 g/mol. The second kappa shape index (κ2) is 10.7. The Hall–Kier alpha value is -4.46. The molecule has 0 heterocycles. The minimum Gasteiger partial charge on any atom is -0.444 e. The van der Waals surface area contributed by atoms with Gasteiger partial charge in [0.25, 0.3) is 5.91 Å². The highest BCUT2D eigenvalue weighted by Crippen LogP contribution is 2.24. The Balaban J connectivity index is 1.75. The molecule has 0 unspecified atom stereocenters. The molecular formula is C25H22N2O6. The molecule has 0 radical (unpaired) electrons. The lowest BCUT2D eigenvalue weighted by Crippen LogP contribution is -2.41. The lowest BCUT2D eigenvalue weighted by Gasteiger charge is -2.17. The van der Waals surface area contributed by atoms with E-state index < -0.39 is 30.0 Å². The molecule has 0 saturated heterocycles. The van der Waals surface area contributed by atoms with Crippen LogP contribution in [0.4, 0.5) is 4.79 Å². The van der Waals surface area contributed by atoms with Crippen LogP contribution in [0.5, 0.6) is 5.75 Å². The second-order valence-electron chi connectivity index (χ2n) is 6.96. The molecule has 3 rings (SSSR count). The van der Waals surface area contributed by atoms with Crippen LogP contribution in [0.3, 0.4) is 0 Å². The maximum Gasteiger partial charge on any atom is 0.339 e. The van der Waals surface area contributed by atoms with Crippen molar-refractivity contribution in [2.75, 3.05) is 7.05 Å². The smallest absolute Gasteiger partial charge is 0.339 e. The van der Waals surface area contributed by atoms with Gasteiger partial charge in [-0.1, -0.05) is 54.6 Å². The van der Waals surface area contributed by atoms with E-state index in [1.165, 1.54) is 14.0 Å². The Bertz CT molecular complexity index is 1140. The molecule has 168 valence electrons. The van der Waals surface area contributed by atoms with Gasteiger partial charge in [-0.3, -0.25) is 14.9 Å². The van der Waals surface area contributed by atoms with Gasteiger partial charge in [-0.2, -0.15) is 0 Å². The van der Waals surface area contributed by atoms with Gasteiger partial charge in [0.15, 0.2) is 0 Å². The number of rotatable bonds is 6. The summed E-state index contributed by atoms with van der Waals surface area (Å²) in [5.41, 5.74) is 2.36. The number of hydrogen-bond donors (Lipinski definition) is 2. The summed E-state index contributed by atoms with van der Waals surface area (Å²) >= 11 is 0. The molecule has 0 aliphatic heterocycles. The maximum atomic E-state index is 12.7. The molecule has 2 N–H and O–H groups in total. The second-order valence-corrected chi connectivity index (χ2v) is 6.96. The van der Waals surface area contributed by atoms with Crippen LogP contribution in [0, 0.1) is 0 Å². The number of carbonyl (C=O) groups is 4. The zero-order valence-corrected chi connectivity index (χ0v) is 18.0. The molecule has 3 amide bonds. The molecule has 0 aromatic heterocycles. The highest BCUT2D eigenvalue weighted by Gasteiger charge is 2.27. The summed E-state index contributed by atoms with van der Waals surface area (Å²) in [5, 5.41) is 4.42. The molecule has 3 aromatic carbocycles. The van der Waals surface area contributed by atoms with Crippen LogP contribution in [0.2, 0.25) is 0 Å². The number of carbonyl (C=O) groups excluding carboxylic acids is 4. The average molecular weight is 446 g/mol. The van der Waals surface area contributed by atoms with Crippen molar-refractivity contribution >= 4 is 23.9 Å². The van der Waals surface area contributed by atoms with E-state index in [0.29, 0.717) is 11.3 Å². The lowest BCUT2D eigenvalue weighted by atomic mass is 10.0. The zero-order valence-electron chi connectivity index (χ0n) is 18.0. The Labute approximate surface area is 190 Å². The van der Waals surface area contributed by atoms with Crippen molar-refractivity contribution in [2.24, 2.45) is 0 Å². The molecule has 0 saturated carbocycles. The number of esters is 2. The van der Waals surface area contributed by atoms with Gasteiger partial charge in [-0.25, -0.2) is 9.59 Å². The van der Waals surface area contributed by atoms with E-state index >= 15 is 0 Å². The van der Waals surface area contributed by atoms with Crippen molar-refractivity contribution in [1.82, 2.24) is 10.6 Å². The number of hydrogen-bond acceptors (Lipinski definition) is 6. The van der Waals surface area contributed by atoms with Crippen LogP contribution >= 0.6 is 0 Å². The van der Waals surface area contributed by atoms with Crippen molar-refractivity contribution in [3.05, 3.63) is 90.0 Å². The van der Waals surface area contributed by atoms with Gasteiger partial charge in [0.2, 0.25) is 6.10 Å². The summed E-state index contributed by atoms with van der Waals surface area (Å²) in [5.74, 6) is -1.44. The fourth-order valence-corrected chi connectivity index (χ4v) is 3.00. The maximum absolute atomic E-state index is 12.7. The van der Waals surface area contributed by atoms with Crippen LogP contribution in [0.25, 0.3) is 11.1 Å². The highest BCUT2D eigenvalue weighted by molar-refractivity contribution is 5.99. The number of benzene rings is 3. The molecule has 0 aliphatic carbocycles. The van der Waals surface area contributed by atoms with Gasteiger partial charge >= 0.3 is 18.0 Å². The molecular weight excluding hydrogens is 424 g/mol. The third-order valence-electron chi connectivity index (χ3n) is 4.60. The SMILES string of the molecule is CNC(=O)NC(=O)[C@@H](OC(=O)c1ccc(-c2ccc(OC(C)=O)cc2)cc1)c1ccccc1. The summed E-state index contributed by atoms with van der Waals surface area (Å²) in [6.45, 7) is 1.33. The van der Waals surface area contributed by atoms with Crippen molar-refractivity contribution < 1.29 is 28.7 Å². The first-order valence-electron chi connectivity index (χ1n) is 10.0. The highest BCUT2D eigenvalue weighted by atomic mass is 16.5. The number of urea groups is 1. The molecule has 1 atom stereocenters. The van der Waals surface area contributed by atoms with Gasteiger partial charge in [-0.05, 0) is 35.4 Å². The first-order chi connectivity index (χ1) is 15.9. The number of amides is 3. The standard InChI is InChI=1S/C25H22N2O6/c1-16(28)32-21-14-12-18(13-15-21)17-8-10-20(11-9-17)24(30)33-22(19-6-4-3-5-7-19)23(29)27-25(31)26-2/h3-15,22H,1-2H3,(H2,26,27,29,31)/t22-/m0/s1. The molecule has 3 aromatic rings. The molecule has 0 fully saturated rings. The topological polar surface area (TPSA) is 111 Å². The first kappa shape index (κ1) is 23.2. The Morgan fingerprint density at radius 3 is 1.91 bits per heavy atom. The molecule has 0 bridgehead atoms. The van der Waals surface area contributed by atoms with Crippen molar-refractivity contribution in [3.8, 4) is 16.9 Å². The predicted molar refractivity (Wildman–Crippen MR) is 120 cm³/mol. The zero-order chi connectivity index (χ0) is 23.8. The van der Waals surface area contributed by atoms with E-state index in [0.717, 1.165) is 11.1 Å². The quantitative estimate of drug-likeness (QED) is 0.442. The fraction of sp³-hybridized carbons (Fsp3) is 0.120. The Kier molecular flexibility index (Phi) is 7.54. The number of ether oxygens (including phenoxy) is 2. The van der Waals surface area contributed by atoms with Crippen LogP contribution < -0.4 is 15.4 Å². The lowest BCUT2D eigenvalue weighted by molar-refractivity contribution is -0.132. The summed E-state index contributed by atoms with van der Waals surface area (Å²) < 4.78 is 10.5. The van der Waals surface area contributed by atoms with Crippen LogP contribution in [-0.2, 0) is 14.3 Å². The molecule has 8 heteroatoms. The molecule has 33 heavy (non-hydrogen) atoms. The average Bonchev–Trinajstić information content (AvgIpc) is 2.83. The van der Waals surface area contributed by atoms with Crippen molar-refractivity contribution in [2.45, 2.75) is 13.0 Å². The van der Waals surface area contributed by atoms with E-state index in [9.17, 15) is 19.2 Å². The van der Waals surface area contributed by atoms with Crippen molar-refractivity contribution in [3.63, 3.8) is 0 Å². The number of imide groups is 1. The molecule has 8 nitrogen and oxygen atoms in total. The van der Waals surface area contributed by atoms with E-state index in [2.05, 4.69) is 10.6 Å². The molecule has 0 aliphatic rings. The Morgan fingerprint density at radius 2 is 1.36 bits per heavy atom. The summed E-state index contributed by atoms with van der Waals surface area (Å²) in [6.07, 6.45) is -1.30. The molecule has 0 spiro atoms. The summed E-state index contributed by atoms with van der Waals surface area (Å²) in [4.78, 5) is 47.9. The van der Waals surface area contributed by atoms with Gasteiger partial charge < -0.3 is 14.8 Å². The fourth-order valence-electron chi connectivity index (χ4n) is 3.00.